The number of urea groups is 1. The van der Waals surface area contributed by atoms with Crippen LogP contribution in [0.25, 0.3) is 0 Å². The molecule has 3 unspecified atom stereocenters. The van der Waals surface area contributed by atoms with Crippen molar-refractivity contribution in [2.75, 3.05) is 18.6 Å². The molecule has 0 saturated carbocycles. The van der Waals surface area contributed by atoms with Crippen LogP contribution in [-0.4, -0.2) is 45.1 Å². The van der Waals surface area contributed by atoms with E-state index in [1.54, 1.807) is 30.0 Å². The monoisotopic (exact) mass is 476 g/mol. The van der Waals surface area contributed by atoms with Crippen molar-refractivity contribution < 1.29 is 22.7 Å². The zero-order valence-electron chi connectivity index (χ0n) is 18.1. The largest absolute Gasteiger partial charge is 0.465 e. The number of nitrogens with one attached hydrogen (secondary N) is 2. The summed E-state index contributed by atoms with van der Waals surface area (Å²) in [6.07, 6.45) is 3.50. The van der Waals surface area contributed by atoms with E-state index >= 15 is 0 Å². The van der Waals surface area contributed by atoms with Crippen LogP contribution in [0.1, 0.15) is 31.4 Å². The molecule has 7 nitrogen and oxygen atoms in total. The Morgan fingerprint density at radius 1 is 1.09 bits per heavy atom. The number of esters is 1. The van der Waals surface area contributed by atoms with Gasteiger partial charge < -0.3 is 15.4 Å². The number of thioether (sulfide) groups is 1. The van der Waals surface area contributed by atoms with E-state index in [0.29, 0.717) is 6.42 Å². The van der Waals surface area contributed by atoms with Crippen LogP contribution in [0.5, 0.6) is 0 Å². The van der Waals surface area contributed by atoms with Gasteiger partial charge in [0.25, 0.3) is 0 Å². The lowest BCUT2D eigenvalue weighted by Gasteiger charge is -2.38. The van der Waals surface area contributed by atoms with E-state index in [4.69, 9.17) is 4.74 Å². The number of hydrogen-bond donors (Lipinski definition) is 2. The fourth-order valence-electron chi connectivity index (χ4n) is 3.71. The van der Waals surface area contributed by atoms with Crippen LogP contribution >= 0.6 is 11.8 Å². The van der Waals surface area contributed by atoms with Gasteiger partial charge >= 0.3 is 12.0 Å². The molecular formula is C23H28N2O5S2. The fourth-order valence-corrected chi connectivity index (χ4v) is 5.70. The molecule has 2 N–H and O–H groups in total. The number of unbranched alkanes of at least 4 members (excludes halogenated alkanes) is 1. The molecule has 172 valence electrons. The van der Waals surface area contributed by atoms with Gasteiger partial charge in [-0.3, -0.25) is 4.79 Å². The van der Waals surface area contributed by atoms with Gasteiger partial charge in [-0.2, -0.15) is 0 Å². The molecule has 2 amide bonds. The van der Waals surface area contributed by atoms with Crippen LogP contribution < -0.4 is 10.6 Å². The lowest BCUT2D eigenvalue weighted by atomic mass is 9.86. The Morgan fingerprint density at radius 3 is 2.53 bits per heavy atom. The highest BCUT2D eigenvalue weighted by atomic mass is 32.2. The number of sulfone groups is 1. The molecule has 2 aromatic carbocycles. The molecule has 0 radical (unpaired) electrons. The first-order valence-corrected chi connectivity index (χ1v) is 13.4. The molecule has 32 heavy (non-hydrogen) atoms. The third-order valence-corrected chi connectivity index (χ3v) is 7.88. The minimum Gasteiger partial charge on any atom is -0.465 e. The maximum Gasteiger partial charge on any atom is 0.315 e. The summed E-state index contributed by atoms with van der Waals surface area (Å²) in [5.74, 6) is -1.84. The predicted octanol–water partition coefficient (Wildman–Crippen LogP) is 3.56. The van der Waals surface area contributed by atoms with E-state index in [0.717, 1.165) is 16.9 Å². The average molecular weight is 477 g/mol. The summed E-state index contributed by atoms with van der Waals surface area (Å²) in [4.78, 5) is 26.7. The van der Waals surface area contributed by atoms with Crippen molar-refractivity contribution in [3.63, 3.8) is 0 Å². The summed E-state index contributed by atoms with van der Waals surface area (Å²) in [7, 11) is -3.75. The summed E-state index contributed by atoms with van der Waals surface area (Å²) in [6.45, 7) is 2.23. The number of ether oxygens (including phenoxy) is 1. The summed E-state index contributed by atoms with van der Waals surface area (Å²) >= 11 is 1.54. The molecule has 1 saturated heterocycles. The van der Waals surface area contributed by atoms with Crippen LogP contribution in [0.4, 0.5) is 4.79 Å². The van der Waals surface area contributed by atoms with Crippen molar-refractivity contribution in [3.8, 4) is 0 Å². The molecular weight excluding hydrogens is 448 g/mol. The van der Waals surface area contributed by atoms with E-state index in [1.807, 2.05) is 37.4 Å². The number of rotatable bonds is 9. The highest BCUT2D eigenvalue weighted by Crippen LogP contribution is 2.32. The van der Waals surface area contributed by atoms with Gasteiger partial charge in [0.1, 0.15) is 5.92 Å². The van der Waals surface area contributed by atoms with Crippen molar-refractivity contribution in [1.29, 1.82) is 0 Å². The van der Waals surface area contributed by atoms with Gasteiger partial charge in [0.05, 0.1) is 29.3 Å². The van der Waals surface area contributed by atoms with E-state index in [2.05, 4.69) is 10.6 Å². The first kappa shape index (κ1) is 24.1. The van der Waals surface area contributed by atoms with E-state index < -0.39 is 45.6 Å². The highest BCUT2D eigenvalue weighted by Gasteiger charge is 2.45. The van der Waals surface area contributed by atoms with Gasteiger partial charge in [0.2, 0.25) is 0 Å². The molecule has 3 atom stereocenters. The fraction of sp³-hybridized carbons (Fsp3) is 0.391. The minimum atomic E-state index is -3.75. The van der Waals surface area contributed by atoms with Gasteiger partial charge in [-0.05, 0) is 42.5 Å². The molecule has 1 aliphatic rings. The lowest BCUT2D eigenvalue weighted by Crippen LogP contribution is -2.60. The maximum atomic E-state index is 13.1. The van der Waals surface area contributed by atoms with Gasteiger partial charge in [-0.1, -0.05) is 43.7 Å². The van der Waals surface area contributed by atoms with Crippen molar-refractivity contribution in [3.05, 3.63) is 60.2 Å². The molecule has 3 rings (SSSR count). The zero-order chi connectivity index (χ0) is 23.1. The molecule has 9 heteroatoms. The smallest absolute Gasteiger partial charge is 0.315 e. The Balaban J connectivity index is 1.97. The molecule has 0 spiro atoms. The van der Waals surface area contributed by atoms with Crippen LogP contribution in [-0.2, 0) is 19.4 Å². The molecule has 0 bridgehead atoms. The first-order chi connectivity index (χ1) is 15.4. The SMILES string of the molecule is CCCCOC(=O)C1C(CS(=O)(=O)c2ccccc2)NC(=O)NC1c1cccc(SC)c1. The second-order valence-corrected chi connectivity index (χ2v) is 10.5. The van der Waals surface area contributed by atoms with Gasteiger partial charge in [-0.15, -0.1) is 11.8 Å². The molecule has 0 aromatic heterocycles. The molecule has 0 aliphatic carbocycles. The van der Waals surface area contributed by atoms with Crippen LogP contribution in [0.3, 0.4) is 0 Å². The Morgan fingerprint density at radius 2 is 1.84 bits per heavy atom. The van der Waals surface area contributed by atoms with Gasteiger partial charge in [-0.25, -0.2) is 13.2 Å². The molecule has 1 fully saturated rings. The third-order valence-electron chi connectivity index (χ3n) is 5.36. The third kappa shape index (κ3) is 5.83. The van der Waals surface area contributed by atoms with Gasteiger partial charge in [0, 0.05) is 4.90 Å². The number of hydrogen-bond acceptors (Lipinski definition) is 6. The molecule has 2 aromatic rings. The van der Waals surface area contributed by atoms with Crippen LogP contribution in [0.15, 0.2) is 64.4 Å². The molecule has 1 aliphatic heterocycles. The van der Waals surface area contributed by atoms with Crippen molar-refractivity contribution in [2.24, 2.45) is 5.92 Å². The Hall–Kier alpha value is -2.52. The second kappa shape index (κ2) is 10.9. The first-order valence-electron chi connectivity index (χ1n) is 10.5. The quantitative estimate of drug-likeness (QED) is 0.326. The average Bonchev–Trinajstić information content (AvgIpc) is 2.79. The standard InChI is InChI=1S/C23H28N2O5S2/c1-3-4-13-30-22(26)20-19(15-32(28,29)18-11-6-5-7-12-18)24-23(27)25-21(20)16-9-8-10-17(14-16)31-2/h5-12,14,19-21H,3-4,13,15H2,1-2H3,(H2,24,25,27). The van der Waals surface area contributed by atoms with Crippen molar-refractivity contribution in [1.82, 2.24) is 10.6 Å². The second-order valence-electron chi connectivity index (χ2n) is 7.62. The lowest BCUT2D eigenvalue weighted by molar-refractivity contribution is -0.151. The maximum absolute atomic E-state index is 13.1. The van der Waals surface area contributed by atoms with Crippen LogP contribution in [0, 0.1) is 5.92 Å². The number of benzene rings is 2. The van der Waals surface area contributed by atoms with Crippen molar-refractivity contribution in [2.45, 2.75) is 41.6 Å². The topological polar surface area (TPSA) is 102 Å². The highest BCUT2D eigenvalue weighted by molar-refractivity contribution is 7.98. The van der Waals surface area contributed by atoms with Gasteiger partial charge in [0.15, 0.2) is 9.84 Å². The van der Waals surface area contributed by atoms with E-state index in [9.17, 15) is 18.0 Å². The van der Waals surface area contributed by atoms with Crippen LogP contribution in [0.2, 0.25) is 0 Å². The van der Waals surface area contributed by atoms with E-state index in [-0.39, 0.29) is 11.5 Å². The van der Waals surface area contributed by atoms with E-state index in [1.165, 1.54) is 12.1 Å². The molecule has 1 heterocycles. The minimum absolute atomic E-state index is 0.145. The number of carbonyl (C=O) groups is 2. The number of amides is 2. The normalized spacial score (nSPS) is 20.8. The van der Waals surface area contributed by atoms with Crippen molar-refractivity contribution >= 4 is 33.6 Å². The number of carbonyl (C=O) groups excluding carboxylic acids is 2. The zero-order valence-corrected chi connectivity index (χ0v) is 19.7. The summed E-state index contributed by atoms with van der Waals surface area (Å²) in [5.41, 5.74) is 0.728. The summed E-state index contributed by atoms with van der Waals surface area (Å²) < 4.78 is 31.6. The Kier molecular flexibility index (Phi) is 8.20. The predicted molar refractivity (Wildman–Crippen MR) is 124 cm³/mol. The summed E-state index contributed by atoms with van der Waals surface area (Å²) in [6, 6.07) is 13.4. The Bertz CT molecular complexity index is 1040. The Labute approximate surface area is 193 Å². The summed E-state index contributed by atoms with van der Waals surface area (Å²) in [5, 5.41) is 5.46.